The monoisotopic (exact) mass is 241 g/mol. The summed E-state index contributed by atoms with van der Waals surface area (Å²) in [6.45, 7) is 7.87. The highest BCUT2D eigenvalue weighted by Gasteiger charge is 2.47. The van der Waals surface area contributed by atoms with Crippen LogP contribution in [0.3, 0.4) is 0 Å². The molecule has 0 radical (unpaired) electrons. The Hall–Kier alpha value is -1.06. The number of carbonyl (C=O) groups is 2. The molecule has 0 bridgehead atoms. The molecule has 0 aromatic rings. The lowest BCUT2D eigenvalue weighted by Crippen LogP contribution is -2.57. The molecule has 1 aliphatic carbocycles. The van der Waals surface area contributed by atoms with Gasteiger partial charge in [0.1, 0.15) is 0 Å². The third-order valence-corrected chi connectivity index (χ3v) is 3.85. The average molecular weight is 241 g/mol. The third kappa shape index (κ3) is 3.72. The number of nitrogens with one attached hydrogen (secondary N) is 1. The maximum absolute atomic E-state index is 11.0. The Bertz CT molecular complexity index is 299. The molecule has 1 fully saturated rings. The summed E-state index contributed by atoms with van der Waals surface area (Å²) in [5, 5.41) is 2.98. The number of ether oxygens (including phenoxy) is 1. The maximum atomic E-state index is 11.0. The highest BCUT2D eigenvalue weighted by molar-refractivity contribution is 5.73. The minimum atomic E-state index is -0.214. The first kappa shape index (κ1) is 14.0. The van der Waals surface area contributed by atoms with Crippen molar-refractivity contribution >= 4 is 11.9 Å². The Labute approximate surface area is 103 Å². The van der Waals surface area contributed by atoms with Crippen molar-refractivity contribution in [3.63, 3.8) is 0 Å². The van der Waals surface area contributed by atoms with E-state index in [1.54, 1.807) is 6.92 Å². The molecule has 0 saturated heterocycles. The Morgan fingerprint density at radius 3 is 2.47 bits per heavy atom. The smallest absolute Gasteiger partial charge is 0.302 e. The number of rotatable bonds is 5. The van der Waals surface area contributed by atoms with Crippen molar-refractivity contribution < 1.29 is 14.3 Å². The van der Waals surface area contributed by atoms with Gasteiger partial charge in [0.2, 0.25) is 5.91 Å². The highest BCUT2D eigenvalue weighted by Crippen LogP contribution is 2.48. The van der Waals surface area contributed by atoms with Crippen molar-refractivity contribution in [1.29, 1.82) is 0 Å². The van der Waals surface area contributed by atoms with Gasteiger partial charge < -0.3 is 10.1 Å². The molecule has 0 aromatic heterocycles. The zero-order chi connectivity index (χ0) is 13.1. The van der Waals surface area contributed by atoms with E-state index in [4.69, 9.17) is 4.74 Å². The van der Waals surface area contributed by atoms with Crippen LogP contribution in [0.4, 0.5) is 0 Å². The van der Waals surface area contributed by atoms with Gasteiger partial charge in [0.05, 0.1) is 6.61 Å². The second kappa shape index (κ2) is 5.52. The minimum Gasteiger partial charge on any atom is -0.466 e. The predicted molar refractivity (Wildman–Crippen MR) is 65.4 cm³/mol. The molecule has 0 aromatic carbocycles. The van der Waals surface area contributed by atoms with Crippen molar-refractivity contribution in [3.8, 4) is 0 Å². The first-order chi connectivity index (χ1) is 7.84. The molecule has 2 atom stereocenters. The fraction of sp³-hybridized carbons (Fsp3) is 0.846. The molecule has 0 heterocycles. The fourth-order valence-corrected chi connectivity index (χ4v) is 2.54. The molecule has 4 nitrogen and oxygen atoms in total. The molecular weight excluding hydrogens is 218 g/mol. The van der Waals surface area contributed by atoms with Crippen LogP contribution in [0.15, 0.2) is 0 Å². The number of carbonyl (C=O) groups excluding carboxylic acids is 2. The molecule has 0 aliphatic heterocycles. The summed E-state index contributed by atoms with van der Waals surface area (Å²) >= 11 is 0. The van der Waals surface area contributed by atoms with E-state index < -0.39 is 0 Å². The lowest BCUT2D eigenvalue weighted by Gasteiger charge is -2.52. The van der Waals surface area contributed by atoms with Gasteiger partial charge in [-0.25, -0.2) is 0 Å². The quantitative estimate of drug-likeness (QED) is 0.590. The summed E-state index contributed by atoms with van der Waals surface area (Å²) < 4.78 is 4.91. The fourth-order valence-electron chi connectivity index (χ4n) is 2.54. The number of hydrogen-bond acceptors (Lipinski definition) is 3. The summed E-state index contributed by atoms with van der Waals surface area (Å²) in [4.78, 5) is 21.6. The summed E-state index contributed by atoms with van der Waals surface area (Å²) in [6.07, 6.45) is 2.99. The van der Waals surface area contributed by atoms with Crippen LogP contribution < -0.4 is 5.32 Å². The summed E-state index contributed by atoms with van der Waals surface area (Å²) in [5.74, 6) is 0.435. The molecule has 17 heavy (non-hydrogen) atoms. The largest absolute Gasteiger partial charge is 0.466 e. The first-order valence-corrected chi connectivity index (χ1v) is 6.24. The van der Waals surface area contributed by atoms with Crippen LogP contribution in [-0.4, -0.2) is 24.5 Å². The van der Waals surface area contributed by atoms with Gasteiger partial charge in [-0.05, 0) is 30.6 Å². The molecule has 1 aliphatic rings. The van der Waals surface area contributed by atoms with Crippen LogP contribution in [0.2, 0.25) is 0 Å². The summed E-state index contributed by atoms with van der Waals surface area (Å²) in [6, 6.07) is 0.290. The lowest BCUT2D eigenvalue weighted by molar-refractivity contribution is -0.141. The second-order valence-corrected chi connectivity index (χ2v) is 5.49. The van der Waals surface area contributed by atoms with Crippen LogP contribution >= 0.6 is 0 Å². The van der Waals surface area contributed by atoms with Gasteiger partial charge in [0, 0.05) is 19.9 Å². The minimum absolute atomic E-state index is 0.0430. The van der Waals surface area contributed by atoms with Crippen LogP contribution in [0.1, 0.15) is 47.0 Å². The molecular formula is C13H23NO3. The van der Waals surface area contributed by atoms with Crippen molar-refractivity contribution in [2.24, 2.45) is 11.3 Å². The van der Waals surface area contributed by atoms with E-state index in [0.29, 0.717) is 18.6 Å². The van der Waals surface area contributed by atoms with Crippen LogP contribution in [0.5, 0.6) is 0 Å². The first-order valence-electron chi connectivity index (χ1n) is 6.24. The predicted octanol–water partition coefficient (Wildman–Crippen LogP) is 1.88. The molecule has 0 spiro atoms. The Morgan fingerprint density at radius 1 is 1.35 bits per heavy atom. The number of hydrogen-bond donors (Lipinski definition) is 1. The Balaban J connectivity index is 2.24. The lowest BCUT2D eigenvalue weighted by atomic mass is 9.57. The van der Waals surface area contributed by atoms with Crippen molar-refractivity contribution in [1.82, 2.24) is 5.32 Å². The topological polar surface area (TPSA) is 55.4 Å². The Morgan fingerprint density at radius 2 is 2.00 bits per heavy atom. The zero-order valence-corrected chi connectivity index (χ0v) is 11.2. The van der Waals surface area contributed by atoms with Gasteiger partial charge in [-0.2, -0.15) is 0 Å². The van der Waals surface area contributed by atoms with E-state index in [2.05, 4.69) is 19.2 Å². The van der Waals surface area contributed by atoms with Gasteiger partial charge in [-0.3, -0.25) is 9.59 Å². The third-order valence-electron chi connectivity index (χ3n) is 3.85. The van der Waals surface area contributed by atoms with Crippen LogP contribution in [0.25, 0.3) is 0 Å². The maximum Gasteiger partial charge on any atom is 0.302 e. The van der Waals surface area contributed by atoms with E-state index in [9.17, 15) is 9.59 Å². The van der Waals surface area contributed by atoms with Gasteiger partial charge in [0.15, 0.2) is 0 Å². The normalized spacial score (nSPS) is 25.9. The van der Waals surface area contributed by atoms with Gasteiger partial charge in [-0.1, -0.05) is 13.8 Å². The van der Waals surface area contributed by atoms with Gasteiger partial charge in [0.25, 0.3) is 0 Å². The van der Waals surface area contributed by atoms with Gasteiger partial charge >= 0.3 is 5.97 Å². The van der Waals surface area contributed by atoms with Crippen molar-refractivity contribution in [2.75, 3.05) is 6.61 Å². The molecule has 1 rings (SSSR count). The van der Waals surface area contributed by atoms with Crippen LogP contribution in [0, 0.1) is 11.3 Å². The summed E-state index contributed by atoms with van der Waals surface area (Å²) in [5.41, 5.74) is 0.155. The van der Waals surface area contributed by atoms with Crippen molar-refractivity contribution in [3.05, 3.63) is 0 Å². The second-order valence-electron chi connectivity index (χ2n) is 5.49. The van der Waals surface area contributed by atoms with E-state index in [-0.39, 0.29) is 17.3 Å². The molecule has 0 unspecified atom stereocenters. The molecule has 98 valence electrons. The molecule has 1 N–H and O–H groups in total. The van der Waals surface area contributed by atoms with E-state index in [1.165, 1.54) is 6.92 Å². The average Bonchev–Trinajstić information content (AvgIpc) is 2.20. The summed E-state index contributed by atoms with van der Waals surface area (Å²) in [7, 11) is 0. The number of amides is 1. The van der Waals surface area contributed by atoms with E-state index in [1.807, 2.05) is 0 Å². The highest BCUT2D eigenvalue weighted by atomic mass is 16.5. The molecule has 1 amide bonds. The van der Waals surface area contributed by atoms with Gasteiger partial charge in [-0.15, -0.1) is 0 Å². The van der Waals surface area contributed by atoms with Crippen LogP contribution in [-0.2, 0) is 14.3 Å². The van der Waals surface area contributed by atoms with E-state index >= 15 is 0 Å². The standard InChI is InChI=1S/C13H23NO3/c1-9(15)14-12-8-11(13(12,3)4)6-5-7-17-10(2)16/h11-12H,5-8H2,1-4H3,(H,14,15)/t11-,12+/m0/s1. The van der Waals surface area contributed by atoms with E-state index in [0.717, 1.165) is 19.3 Å². The SMILES string of the molecule is CC(=O)N[C@@H]1C[C@H](CCCOC(C)=O)C1(C)C. The molecule has 1 saturated carbocycles. The molecule has 4 heteroatoms. The Kier molecular flexibility index (Phi) is 4.54. The zero-order valence-electron chi connectivity index (χ0n) is 11.2. The van der Waals surface area contributed by atoms with Crippen molar-refractivity contribution in [2.45, 2.75) is 53.0 Å². The number of esters is 1.